The van der Waals surface area contributed by atoms with Crippen LogP contribution in [0.5, 0.6) is 0 Å². The van der Waals surface area contributed by atoms with Gasteiger partial charge in [0, 0.05) is 30.3 Å². The van der Waals surface area contributed by atoms with Gasteiger partial charge in [0.25, 0.3) is 17.2 Å². The molecule has 0 atom stereocenters. The quantitative estimate of drug-likeness (QED) is 0.518. The average molecular weight is 413 g/mol. The van der Waals surface area contributed by atoms with Crippen molar-refractivity contribution in [3.63, 3.8) is 0 Å². The third kappa shape index (κ3) is 3.71. The van der Waals surface area contributed by atoms with Gasteiger partial charge in [-0.25, -0.2) is 4.98 Å². The van der Waals surface area contributed by atoms with Crippen LogP contribution in [0.25, 0.3) is 10.9 Å². The minimum atomic E-state index is -0.645. The third-order valence-electron chi connectivity index (χ3n) is 4.98. The first-order chi connectivity index (χ1) is 13.9. The Balaban J connectivity index is 1.67. The Morgan fingerprint density at radius 1 is 1.17 bits per heavy atom. The number of amides is 1. The van der Waals surface area contributed by atoms with Gasteiger partial charge in [-0.2, -0.15) is 0 Å². The summed E-state index contributed by atoms with van der Waals surface area (Å²) in [5.74, 6) is 0.261. The highest BCUT2D eigenvalue weighted by atomic mass is 35.5. The van der Waals surface area contributed by atoms with Gasteiger partial charge in [-0.05, 0) is 43.2 Å². The predicted molar refractivity (Wildman–Crippen MR) is 110 cm³/mol. The third-order valence-corrected chi connectivity index (χ3v) is 5.30. The molecule has 0 aliphatic carbocycles. The number of benzene rings is 2. The summed E-state index contributed by atoms with van der Waals surface area (Å²) >= 11 is 5.79. The number of nitro groups is 1. The predicted octanol–water partition coefficient (Wildman–Crippen LogP) is 3.94. The van der Waals surface area contributed by atoms with Crippen LogP contribution >= 0.6 is 11.6 Å². The first-order valence-electron chi connectivity index (χ1n) is 9.23. The molecule has 1 aliphatic heterocycles. The molecule has 2 heterocycles. The zero-order chi connectivity index (χ0) is 20.5. The summed E-state index contributed by atoms with van der Waals surface area (Å²) in [6.07, 6.45) is 3.79. The fraction of sp³-hybridized carbons (Fsp3) is 0.250. The lowest BCUT2D eigenvalue weighted by Gasteiger charge is -2.11. The maximum atomic E-state index is 12.9. The zero-order valence-corrected chi connectivity index (χ0v) is 16.1. The van der Waals surface area contributed by atoms with Gasteiger partial charge in [-0.1, -0.05) is 18.0 Å². The molecule has 4 rings (SSSR count). The minimum Gasteiger partial charge on any atom is -0.322 e. The summed E-state index contributed by atoms with van der Waals surface area (Å²) in [6, 6.07) is 8.77. The molecule has 1 aliphatic rings. The molecule has 0 saturated heterocycles. The second-order valence-electron chi connectivity index (χ2n) is 6.90. The van der Waals surface area contributed by atoms with Crippen LogP contribution in [0.1, 0.15) is 35.4 Å². The fourth-order valence-corrected chi connectivity index (χ4v) is 3.68. The van der Waals surface area contributed by atoms with E-state index in [9.17, 15) is 19.7 Å². The molecule has 29 heavy (non-hydrogen) atoms. The SMILES string of the molecule is O=C(Nc1ccc2nc3n(c(=O)c2c1)CCCCC3)c1ccc(Cl)c([N+](=O)[O-])c1. The van der Waals surface area contributed by atoms with E-state index in [4.69, 9.17) is 11.6 Å². The lowest BCUT2D eigenvalue weighted by molar-refractivity contribution is -0.384. The first-order valence-corrected chi connectivity index (χ1v) is 9.60. The van der Waals surface area contributed by atoms with E-state index in [0.717, 1.165) is 37.6 Å². The molecule has 3 aromatic rings. The molecule has 0 radical (unpaired) electrons. The molecule has 0 unspecified atom stereocenters. The highest BCUT2D eigenvalue weighted by Gasteiger charge is 2.18. The number of hydrogen-bond acceptors (Lipinski definition) is 5. The molecule has 2 aromatic carbocycles. The van der Waals surface area contributed by atoms with Crippen molar-refractivity contribution in [2.24, 2.45) is 0 Å². The van der Waals surface area contributed by atoms with E-state index in [1.54, 1.807) is 22.8 Å². The molecule has 148 valence electrons. The Labute approximate surface area is 170 Å². The largest absolute Gasteiger partial charge is 0.322 e. The summed E-state index contributed by atoms with van der Waals surface area (Å²) < 4.78 is 1.71. The van der Waals surface area contributed by atoms with Crippen LogP contribution in [0, 0.1) is 10.1 Å². The maximum absolute atomic E-state index is 12.9. The Kier molecular flexibility index (Phi) is 5.02. The molecule has 0 spiro atoms. The van der Waals surface area contributed by atoms with Crippen LogP contribution in [-0.4, -0.2) is 20.4 Å². The van der Waals surface area contributed by atoms with Gasteiger partial charge < -0.3 is 5.32 Å². The van der Waals surface area contributed by atoms with Gasteiger partial charge in [-0.3, -0.25) is 24.3 Å². The Bertz CT molecular complexity index is 1210. The smallest absolute Gasteiger partial charge is 0.288 e. The van der Waals surface area contributed by atoms with Gasteiger partial charge >= 0.3 is 0 Å². The lowest BCUT2D eigenvalue weighted by Crippen LogP contribution is -2.24. The topological polar surface area (TPSA) is 107 Å². The lowest BCUT2D eigenvalue weighted by atomic mass is 10.1. The molecule has 0 bridgehead atoms. The van der Waals surface area contributed by atoms with Crippen LogP contribution in [0.2, 0.25) is 5.02 Å². The van der Waals surface area contributed by atoms with E-state index in [1.165, 1.54) is 12.1 Å². The number of aryl methyl sites for hydroxylation is 1. The van der Waals surface area contributed by atoms with Crippen molar-refractivity contribution in [2.75, 3.05) is 5.32 Å². The van der Waals surface area contributed by atoms with Crippen molar-refractivity contribution in [1.29, 1.82) is 0 Å². The van der Waals surface area contributed by atoms with Gasteiger partial charge in [-0.15, -0.1) is 0 Å². The second kappa shape index (κ2) is 7.63. The summed E-state index contributed by atoms with van der Waals surface area (Å²) in [5, 5.41) is 14.1. The van der Waals surface area contributed by atoms with Crippen LogP contribution in [0.15, 0.2) is 41.2 Å². The van der Waals surface area contributed by atoms with Crippen LogP contribution in [0.4, 0.5) is 11.4 Å². The number of nitrogens with one attached hydrogen (secondary N) is 1. The molecule has 1 amide bonds. The van der Waals surface area contributed by atoms with E-state index in [-0.39, 0.29) is 21.8 Å². The molecule has 1 N–H and O–H groups in total. The molecule has 8 nitrogen and oxygen atoms in total. The second-order valence-corrected chi connectivity index (χ2v) is 7.31. The van der Waals surface area contributed by atoms with Crippen molar-refractivity contribution in [3.8, 4) is 0 Å². The summed E-state index contributed by atoms with van der Waals surface area (Å²) in [7, 11) is 0. The fourth-order valence-electron chi connectivity index (χ4n) is 3.49. The van der Waals surface area contributed by atoms with E-state index in [2.05, 4.69) is 10.3 Å². The van der Waals surface area contributed by atoms with E-state index in [1.807, 2.05) is 0 Å². The molecular formula is C20H17ClN4O4. The molecule has 0 fully saturated rings. The molecule has 0 saturated carbocycles. The zero-order valence-electron chi connectivity index (χ0n) is 15.4. The summed E-state index contributed by atoms with van der Waals surface area (Å²) in [5.41, 5.74) is 0.627. The molecule has 9 heteroatoms. The number of rotatable bonds is 3. The Morgan fingerprint density at radius 3 is 2.79 bits per heavy atom. The monoisotopic (exact) mass is 412 g/mol. The average Bonchev–Trinajstić information content (AvgIpc) is 2.94. The molecular weight excluding hydrogens is 396 g/mol. The number of halogens is 1. The van der Waals surface area contributed by atoms with Gasteiger partial charge in [0.15, 0.2) is 0 Å². The molecule has 1 aromatic heterocycles. The van der Waals surface area contributed by atoms with Crippen molar-refractivity contribution in [3.05, 3.63) is 73.3 Å². The van der Waals surface area contributed by atoms with Crippen LogP contribution in [-0.2, 0) is 13.0 Å². The van der Waals surface area contributed by atoms with Crippen molar-refractivity contribution >= 4 is 39.8 Å². The number of carbonyl (C=O) groups excluding carboxylic acids is 1. The van der Waals surface area contributed by atoms with Crippen LogP contribution < -0.4 is 10.9 Å². The number of nitro benzene ring substituents is 1. The number of carbonyl (C=O) groups is 1. The standard InChI is InChI=1S/C20H17ClN4O4/c21-15-7-5-12(10-17(15)25(28)29)19(26)22-13-6-8-16-14(11-13)20(27)24-9-3-1-2-4-18(24)23-16/h5-8,10-11H,1-4,9H2,(H,22,26). The number of hydrogen-bond donors (Lipinski definition) is 1. The number of fused-ring (bicyclic) bond motifs is 2. The van der Waals surface area contributed by atoms with Gasteiger partial charge in [0.2, 0.25) is 0 Å². The van der Waals surface area contributed by atoms with Gasteiger partial charge in [0.1, 0.15) is 10.8 Å². The van der Waals surface area contributed by atoms with E-state index >= 15 is 0 Å². The highest BCUT2D eigenvalue weighted by molar-refractivity contribution is 6.32. The normalized spacial score (nSPS) is 13.6. The summed E-state index contributed by atoms with van der Waals surface area (Å²) in [4.78, 5) is 40.4. The van der Waals surface area contributed by atoms with Crippen LogP contribution in [0.3, 0.4) is 0 Å². The highest BCUT2D eigenvalue weighted by Crippen LogP contribution is 2.26. The Morgan fingerprint density at radius 2 is 2.00 bits per heavy atom. The first kappa shape index (κ1) is 19.1. The maximum Gasteiger partial charge on any atom is 0.288 e. The summed E-state index contributed by atoms with van der Waals surface area (Å²) in [6.45, 7) is 0.641. The van der Waals surface area contributed by atoms with Crippen molar-refractivity contribution < 1.29 is 9.72 Å². The van der Waals surface area contributed by atoms with E-state index < -0.39 is 10.8 Å². The van der Waals surface area contributed by atoms with Crippen molar-refractivity contribution in [2.45, 2.75) is 32.2 Å². The van der Waals surface area contributed by atoms with Crippen molar-refractivity contribution in [1.82, 2.24) is 9.55 Å². The van der Waals surface area contributed by atoms with E-state index in [0.29, 0.717) is 23.1 Å². The minimum absolute atomic E-state index is 0.0444. The number of aromatic nitrogens is 2. The number of anilines is 1. The number of nitrogens with zero attached hydrogens (tertiary/aromatic N) is 3. The Hall–Kier alpha value is -3.26. The van der Waals surface area contributed by atoms with Gasteiger partial charge in [0.05, 0.1) is 15.8 Å².